The number of hydrogen-bond donors (Lipinski definition) is 1. The Balaban J connectivity index is 1.14. The van der Waals surface area contributed by atoms with E-state index < -0.39 is 6.09 Å². The van der Waals surface area contributed by atoms with Crippen LogP contribution in [0.15, 0.2) is 83.5 Å². The lowest BCUT2D eigenvalue weighted by molar-refractivity contribution is 0.143. The molecular weight excluding hydrogens is 386 g/mol. The summed E-state index contributed by atoms with van der Waals surface area (Å²) in [6.45, 7) is 0.758. The molecule has 0 atom stereocenters. The number of rotatable bonds is 4. The fourth-order valence-electron chi connectivity index (χ4n) is 4.09. The first-order valence-electron chi connectivity index (χ1n) is 10.3. The zero-order chi connectivity index (χ0) is 21.0. The Labute approximate surface area is 180 Å². The van der Waals surface area contributed by atoms with Gasteiger partial charge in [0.2, 0.25) is 0 Å². The molecule has 0 unspecified atom stereocenters. The number of benzene rings is 3. The molecule has 1 aliphatic carbocycles. The zero-order valence-corrected chi connectivity index (χ0v) is 16.9. The number of carbonyl (C=O) groups is 1. The summed E-state index contributed by atoms with van der Waals surface area (Å²) >= 11 is 0. The summed E-state index contributed by atoms with van der Waals surface area (Å²) in [4.78, 5) is 12.2. The Kier molecular flexibility index (Phi) is 5.16. The van der Waals surface area contributed by atoms with Crippen molar-refractivity contribution >= 4 is 17.1 Å². The number of alkyl carbamates (subject to hydrolysis) is 1. The second-order valence-electron chi connectivity index (χ2n) is 7.48. The van der Waals surface area contributed by atoms with Crippen molar-refractivity contribution in [2.24, 2.45) is 0 Å². The van der Waals surface area contributed by atoms with Crippen LogP contribution in [0.25, 0.3) is 22.1 Å². The normalized spacial score (nSPS) is 12.0. The lowest BCUT2D eigenvalue weighted by Crippen LogP contribution is -2.26. The molecule has 31 heavy (non-hydrogen) atoms. The van der Waals surface area contributed by atoms with Gasteiger partial charge in [0.25, 0.3) is 0 Å². The summed E-state index contributed by atoms with van der Waals surface area (Å²) in [6.07, 6.45) is 1.80. The third-order valence-electron chi connectivity index (χ3n) is 5.55. The van der Waals surface area contributed by atoms with E-state index >= 15 is 0 Å². The van der Waals surface area contributed by atoms with Crippen molar-refractivity contribution in [3.05, 3.63) is 95.7 Å². The standard InChI is InChI=1S/C27H21NO3/c29-27(28-15-6-5-7-19-12-13-26-20(17-19)14-16-30-26)31-18-25-23-10-3-1-8-21(23)22-9-2-4-11-24(22)25/h1-4,8-14,16-17,25H,6,15,18H2,(H,28,29). The van der Waals surface area contributed by atoms with Crippen LogP contribution in [0.1, 0.15) is 29.0 Å². The van der Waals surface area contributed by atoms with Crippen LogP contribution in [0.4, 0.5) is 4.79 Å². The Morgan fingerprint density at radius 2 is 1.71 bits per heavy atom. The molecule has 0 saturated carbocycles. The van der Waals surface area contributed by atoms with Gasteiger partial charge in [0.1, 0.15) is 12.2 Å². The highest BCUT2D eigenvalue weighted by Crippen LogP contribution is 2.44. The van der Waals surface area contributed by atoms with Crippen molar-refractivity contribution in [1.82, 2.24) is 5.32 Å². The molecule has 1 N–H and O–H groups in total. The number of ether oxygens (including phenoxy) is 1. The summed E-state index contributed by atoms with van der Waals surface area (Å²) < 4.78 is 10.9. The average molecular weight is 407 g/mol. The molecule has 3 aromatic carbocycles. The van der Waals surface area contributed by atoms with E-state index in [0.717, 1.165) is 16.5 Å². The van der Waals surface area contributed by atoms with E-state index in [1.165, 1.54) is 22.3 Å². The summed E-state index contributed by atoms with van der Waals surface area (Å²) in [7, 11) is 0. The molecule has 1 aliphatic rings. The first-order chi connectivity index (χ1) is 15.3. The average Bonchev–Trinajstić information content (AvgIpc) is 3.40. The summed E-state index contributed by atoms with van der Waals surface area (Å²) in [5.41, 5.74) is 6.62. The molecule has 0 spiro atoms. The van der Waals surface area contributed by atoms with Crippen molar-refractivity contribution in [3.63, 3.8) is 0 Å². The van der Waals surface area contributed by atoms with Gasteiger partial charge in [0.05, 0.1) is 6.26 Å². The monoisotopic (exact) mass is 407 g/mol. The van der Waals surface area contributed by atoms with Crippen molar-refractivity contribution in [2.75, 3.05) is 13.2 Å². The van der Waals surface area contributed by atoms with Gasteiger partial charge in [-0.25, -0.2) is 4.79 Å². The fourth-order valence-corrected chi connectivity index (χ4v) is 4.09. The largest absolute Gasteiger partial charge is 0.464 e. The van der Waals surface area contributed by atoms with Crippen LogP contribution < -0.4 is 5.32 Å². The van der Waals surface area contributed by atoms with Crippen LogP contribution in [-0.2, 0) is 4.74 Å². The maximum atomic E-state index is 12.2. The van der Waals surface area contributed by atoms with E-state index in [-0.39, 0.29) is 5.92 Å². The quantitative estimate of drug-likeness (QED) is 0.348. The Morgan fingerprint density at radius 1 is 0.968 bits per heavy atom. The number of carbonyl (C=O) groups excluding carboxylic acids is 1. The molecule has 0 saturated heterocycles. The molecule has 5 rings (SSSR count). The zero-order valence-electron chi connectivity index (χ0n) is 16.9. The van der Waals surface area contributed by atoms with Gasteiger partial charge < -0.3 is 14.5 Å². The molecule has 0 radical (unpaired) electrons. The number of hydrogen-bond acceptors (Lipinski definition) is 3. The van der Waals surface area contributed by atoms with Crippen molar-refractivity contribution in [2.45, 2.75) is 12.3 Å². The number of fused-ring (bicyclic) bond motifs is 4. The van der Waals surface area contributed by atoms with Crippen LogP contribution in [0.5, 0.6) is 0 Å². The summed E-state index contributed by atoms with van der Waals surface area (Å²) in [5, 5.41) is 3.82. The first kappa shape index (κ1) is 19.0. The molecule has 4 heteroatoms. The Bertz CT molecular complexity index is 1260. The molecule has 0 bridgehead atoms. The second-order valence-corrected chi connectivity index (χ2v) is 7.48. The Hall–Kier alpha value is -3.97. The number of furan rings is 1. The molecule has 1 amide bonds. The number of nitrogens with one attached hydrogen (secondary N) is 1. The van der Waals surface area contributed by atoms with Gasteiger partial charge in [0, 0.05) is 29.8 Å². The summed E-state index contributed by atoms with van der Waals surface area (Å²) in [6, 6.07) is 24.3. The van der Waals surface area contributed by atoms with Crippen LogP contribution in [0, 0.1) is 11.8 Å². The van der Waals surface area contributed by atoms with Gasteiger partial charge >= 0.3 is 6.09 Å². The third kappa shape index (κ3) is 3.91. The Morgan fingerprint density at radius 3 is 2.48 bits per heavy atom. The molecule has 4 aromatic rings. The van der Waals surface area contributed by atoms with Gasteiger partial charge in [-0.15, -0.1) is 0 Å². The van der Waals surface area contributed by atoms with Gasteiger partial charge in [-0.1, -0.05) is 60.4 Å². The van der Waals surface area contributed by atoms with E-state index in [2.05, 4.69) is 41.4 Å². The fraction of sp³-hybridized carbons (Fsp3) is 0.148. The summed E-state index contributed by atoms with van der Waals surface area (Å²) in [5.74, 6) is 6.27. The highest BCUT2D eigenvalue weighted by atomic mass is 16.5. The molecular formula is C27H21NO3. The SMILES string of the molecule is O=C(NCCC#Cc1ccc2occc2c1)OCC1c2ccccc2-c2ccccc21. The molecule has 1 aromatic heterocycles. The lowest BCUT2D eigenvalue weighted by atomic mass is 9.98. The molecule has 0 aliphatic heterocycles. The van der Waals surface area contributed by atoms with E-state index in [1.54, 1.807) is 6.26 Å². The number of amides is 1. The molecule has 0 fully saturated rings. The highest BCUT2D eigenvalue weighted by molar-refractivity contribution is 5.79. The third-order valence-corrected chi connectivity index (χ3v) is 5.55. The van der Waals surface area contributed by atoms with Crippen LogP contribution in [0.3, 0.4) is 0 Å². The molecule has 152 valence electrons. The van der Waals surface area contributed by atoms with Gasteiger partial charge in [0.15, 0.2) is 0 Å². The van der Waals surface area contributed by atoms with E-state index in [4.69, 9.17) is 9.15 Å². The minimum Gasteiger partial charge on any atom is -0.464 e. The highest BCUT2D eigenvalue weighted by Gasteiger charge is 2.28. The lowest BCUT2D eigenvalue weighted by Gasteiger charge is -2.14. The van der Waals surface area contributed by atoms with E-state index in [9.17, 15) is 4.79 Å². The van der Waals surface area contributed by atoms with Crippen molar-refractivity contribution in [3.8, 4) is 23.0 Å². The smallest absolute Gasteiger partial charge is 0.407 e. The predicted octanol–water partition coefficient (Wildman–Crippen LogP) is 5.71. The van der Waals surface area contributed by atoms with Crippen LogP contribution in [0.2, 0.25) is 0 Å². The van der Waals surface area contributed by atoms with Crippen molar-refractivity contribution < 1.29 is 13.9 Å². The molecule has 4 nitrogen and oxygen atoms in total. The van der Waals surface area contributed by atoms with E-state index in [1.807, 2.05) is 48.5 Å². The maximum absolute atomic E-state index is 12.2. The van der Waals surface area contributed by atoms with Gasteiger partial charge in [-0.3, -0.25) is 0 Å². The minimum absolute atomic E-state index is 0.0655. The van der Waals surface area contributed by atoms with Crippen molar-refractivity contribution in [1.29, 1.82) is 0 Å². The first-order valence-corrected chi connectivity index (χ1v) is 10.3. The minimum atomic E-state index is -0.413. The van der Waals surface area contributed by atoms with E-state index in [0.29, 0.717) is 19.6 Å². The van der Waals surface area contributed by atoms with Gasteiger partial charge in [-0.05, 0) is 46.5 Å². The van der Waals surface area contributed by atoms with Crippen LogP contribution >= 0.6 is 0 Å². The van der Waals surface area contributed by atoms with Crippen LogP contribution in [-0.4, -0.2) is 19.2 Å². The van der Waals surface area contributed by atoms with Gasteiger partial charge in [-0.2, -0.15) is 0 Å². The predicted molar refractivity (Wildman–Crippen MR) is 121 cm³/mol. The maximum Gasteiger partial charge on any atom is 0.407 e. The molecule has 1 heterocycles. The second kappa shape index (κ2) is 8.41. The topological polar surface area (TPSA) is 51.5 Å².